The fourth-order valence-corrected chi connectivity index (χ4v) is 3.25. The van der Waals surface area contributed by atoms with E-state index in [4.69, 9.17) is 0 Å². The van der Waals surface area contributed by atoms with Crippen LogP contribution in [0.15, 0.2) is 24.3 Å². The Balaban J connectivity index is 2.22. The lowest BCUT2D eigenvalue weighted by Gasteiger charge is -2.31. The summed E-state index contributed by atoms with van der Waals surface area (Å²) in [5.41, 5.74) is 2.30. The number of aryl methyl sites for hydroxylation is 2. The smallest absolute Gasteiger partial charge is 0.306 e. The van der Waals surface area contributed by atoms with Gasteiger partial charge < -0.3 is 10.4 Å². The minimum absolute atomic E-state index is 0.259. The van der Waals surface area contributed by atoms with Crippen molar-refractivity contribution >= 4 is 11.9 Å². The molecule has 0 fully saturated rings. The van der Waals surface area contributed by atoms with E-state index in [1.807, 2.05) is 20.9 Å². The molecule has 7 heteroatoms. The van der Waals surface area contributed by atoms with Crippen molar-refractivity contribution < 1.29 is 19.1 Å². The molecular formula is C20H26FN3O3. The molecule has 1 aromatic heterocycles. The average molecular weight is 375 g/mol. The second kappa shape index (κ2) is 7.90. The van der Waals surface area contributed by atoms with Crippen LogP contribution in [0, 0.1) is 25.6 Å². The summed E-state index contributed by atoms with van der Waals surface area (Å²) >= 11 is 0. The Hall–Kier alpha value is -2.70. The largest absolute Gasteiger partial charge is 0.481 e. The third-order valence-electron chi connectivity index (χ3n) is 5.00. The molecule has 0 saturated heterocycles. The summed E-state index contributed by atoms with van der Waals surface area (Å²) in [4.78, 5) is 24.2. The first-order chi connectivity index (χ1) is 12.5. The fourth-order valence-electron chi connectivity index (χ4n) is 3.25. The second-order valence-corrected chi connectivity index (χ2v) is 7.28. The maximum absolute atomic E-state index is 13.2. The van der Waals surface area contributed by atoms with Crippen molar-refractivity contribution in [1.82, 2.24) is 15.1 Å². The highest BCUT2D eigenvalue weighted by atomic mass is 19.1. The molecule has 27 heavy (non-hydrogen) atoms. The van der Waals surface area contributed by atoms with Crippen molar-refractivity contribution in [2.75, 3.05) is 0 Å². The van der Waals surface area contributed by atoms with Crippen molar-refractivity contribution in [3.8, 4) is 0 Å². The van der Waals surface area contributed by atoms with Crippen molar-refractivity contribution in [1.29, 1.82) is 0 Å². The number of hydrogen-bond donors (Lipinski definition) is 2. The van der Waals surface area contributed by atoms with Crippen LogP contribution in [0.25, 0.3) is 0 Å². The number of nitrogens with zero attached hydrogens (tertiary/aromatic N) is 2. The monoisotopic (exact) mass is 375 g/mol. The molecule has 2 N–H and O–H groups in total. The van der Waals surface area contributed by atoms with E-state index in [1.54, 1.807) is 18.5 Å². The molecule has 0 bridgehead atoms. The number of carboxylic acids is 1. The molecule has 6 nitrogen and oxygen atoms in total. The standard InChI is InChI=1S/C20H26FN3O3/c1-12(10-17-13(2)23-24(5)14(17)3)19(27)22-20(4,11-18(25)26)15-6-8-16(21)9-7-15/h6-9,12H,10-11H2,1-5H3,(H,22,27)(H,25,26). The van der Waals surface area contributed by atoms with Crippen molar-refractivity contribution in [3.63, 3.8) is 0 Å². The minimum atomic E-state index is -1.14. The SMILES string of the molecule is Cc1nn(C)c(C)c1CC(C)C(=O)NC(C)(CC(=O)O)c1ccc(F)cc1. The topological polar surface area (TPSA) is 84.2 Å². The van der Waals surface area contributed by atoms with Crippen LogP contribution in [0.5, 0.6) is 0 Å². The molecule has 0 aliphatic rings. The van der Waals surface area contributed by atoms with Crippen LogP contribution in [0.1, 0.15) is 42.8 Å². The van der Waals surface area contributed by atoms with Crippen LogP contribution in [0.4, 0.5) is 4.39 Å². The first kappa shape index (κ1) is 20.6. The van der Waals surface area contributed by atoms with E-state index in [-0.39, 0.29) is 18.2 Å². The molecule has 0 aliphatic carbocycles. The summed E-state index contributed by atoms with van der Waals surface area (Å²) in [6, 6.07) is 5.51. The quantitative estimate of drug-likeness (QED) is 0.779. The zero-order valence-corrected chi connectivity index (χ0v) is 16.3. The molecule has 1 heterocycles. The van der Waals surface area contributed by atoms with Crippen LogP contribution in [-0.2, 0) is 28.6 Å². The Morgan fingerprint density at radius 1 is 1.30 bits per heavy atom. The van der Waals surface area contributed by atoms with Gasteiger partial charge in [-0.15, -0.1) is 0 Å². The van der Waals surface area contributed by atoms with Gasteiger partial charge in [0.25, 0.3) is 0 Å². The number of carboxylic acid groups (broad SMARTS) is 1. The molecule has 0 saturated carbocycles. The van der Waals surface area contributed by atoms with Crippen LogP contribution >= 0.6 is 0 Å². The molecule has 146 valence electrons. The molecule has 0 radical (unpaired) electrons. The third-order valence-corrected chi connectivity index (χ3v) is 5.00. The number of benzene rings is 1. The van der Waals surface area contributed by atoms with Gasteiger partial charge in [0.2, 0.25) is 5.91 Å². The normalized spacial score (nSPS) is 14.4. The highest BCUT2D eigenvalue weighted by Crippen LogP contribution is 2.26. The molecule has 2 unspecified atom stereocenters. The average Bonchev–Trinajstić information content (AvgIpc) is 2.80. The molecule has 0 aliphatic heterocycles. The summed E-state index contributed by atoms with van der Waals surface area (Å²) < 4.78 is 15.0. The third kappa shape index (κ3) is 4.72. The number of rotatable bonds is 7. The Kier molecular flexibility index (Phi) is 6.03. The van der Waals surface area contributed by atoms with Crippen molar-refractivity contribution in [2.24, 2.45) is 13.0 Å². The van der Waals surface area contributed by atoms with Gasteiger partial charge in [0, 0.05) is 18.7 Å². The van der Waals surface area contributed by atoms with Gasteiger partial charge in [0.15, 0.2) is 0 Å². The Morgan fingerprint density at radius 3 is 2.37 bits per heavy atom. The summed E-state index contributed by atoms with van der Waals surface area (Å²) in [6.45, 7) is 7.29. The second-order valence-electron chi connectivity index (χ2n) is 7.28. The van der Waals surface area contributed by atoms with Gasteiger partial charge in [-0.05, 0) is 50.5 Å². The lowest BCUT2D eigenvalue weighted by atomic mass is 9.87. The van der Waals surface area contributed by atoms with E-state index in [0.29, 0.717) is 12.0 Å². The zero-order chi connectivity index (χ0) is 20.4. The van der Waals surface area contributed by atoms with Crippen LogP contribution < -0.4 is 5.32 Å². The number of amides is 1. The molecular weight excluding hydrogens is 349 g/mol. The fraction of sp³-hybridized carbons (Fsp3) is 0.450. The predicted octanol–water partition coefficient (Wildman–Crippen LogP) is 2.86. The first-order valence-corrected chi connectivity index (χ1v) is 8.82. The van der Waals surface area contributed by atoms with E-state index < -0.39 is 17.3 Å². The Morgan fingerprint density at radius 2 is 1.89 bits per heavy atom. The van der Waals surface area contributed by atoms with Crippen LogP contribution in [-0.4, -0.2) is 26.8 Å². The Bertz CT molecular complexity index is 845. The van der Waals surface area contributed by atoms with Crippen molar-refractivity contribution in [2.45, 2.75) is 46.1 Å². The number of carbonyl (C=O) groups is 2. The number of hydrogen-bond acceptors (Lipinski definition) is 3. The van der Waals surface area contributed by atoms with E-state index in [0.717, 1.165) is 17.0 Å². The van der Waals surface area contributed by atoms with Crippen molar-refractivity contribution in [3.05, 3.63) is 52.6 Å². The summed E-state index contributed by atoms with van der Waals surface area (Å²) in [5.74, 6) is -2.10. The van der Waals surface area contributed by atoms with Gasteiger partial charge >= 0.3 is 5.97 Å². The summed E-state index contributed by atoms with van der Waals surface area (Å²) in [5, 5.41) is 16.5. The maximum atomic E-state index is 13.2. The first-order valence-electron chi connectivity index (χ1n) is 8.82. The summed E-state index contributed by atoms with van der Waals surface area (Å²) in [7, 11) is 1.86. The highest BCUT2D eigenvalue weighted by molar-refractivity contribution is 5.81. The molecule has 0 spiro atoms. The van der Waals surface area contributed by atoms with E-state index in [9.17, 15) is 19.1 Å². The lowest BCUT2D eigenvalue weighted by molar-refractivity contribution is -0.139. The van der Waals surface area contributed by atoms with Gasteiger partial charge in [-0.2, -0.15) is 5.10 Å². The molecule has 1 aromatic carbocycles. The van der Waals surface area contributed by atoms with Crippen LogP contribution in [0.3, 0.4) is 0 Å². The number of nitrogens with one attached hydrogen (secondary N) is 1. The minimum Gasteiger partial charge on any atom is -0.481 e. The lowest BCUT2D eigenvalue weighted by Crippen LogP contribution is -2.47. The van der Waals surface area contributed by atoms with E-state index in [2.05, 4.69) is 10.4 Å². The van der Waals surface area contributed by atoms with E-state index >= 15 is 0 Å². The molecule has 1 amide bonds. The van der Waals surface area contributed by atoms with Gasteiger partial charge in [-0.1, -0.05) is 19.1 Å². The summed E-state index contributed by atoms with van der Waals surface area (Å²) in [6.07, 6.45) is 0.200. The van der Waals surface area contributed by atoms with Gasteiger partial charge in [-0.25, -0.2) is 4.39 Å². The number of halogens is 1. The van der Waals surface area contributed by atoms with Gasteiger partial charge in [0.1, 0.15) is 5.82 Å². The van der Waals surface area contributed by atoms with Gasteiger partial charge in [-0.3, -0.25) is 14.3 Å². The highest BCUT2D eigenvalue weighted by Gasteiger charge is 2.33. The van der Waals surface area contributed by atoms with Gasteiger partial charge in [0.05, 0.1) is 17.7 Å². The van der Waals surface area contributed by atoms with Crippen LogP contribution in [0.2, 0.25) is 0 Å². The predicted molar refractivity (Wildman–Crippen MR) is 99.7 cm³/mol. The Labute approximate surface area is 158 Å². The molecule has 2 aromatic rings. The maximum Gasteiger partial charge on any atom is 0.306 e. The molecule has 2 atom stereocenters. The number of aromatic nitrogens is 2. The number of aliphatic carboxylic acids is 1. The molecule has 2 rings (SSSR count). The zero-order valence-electron chi connectivity index (χ0n) is 16.3. The number of carbonyl (C=O) groups excluding carboxylic acids is 1. The van der Waals surface area contributed by atoms with E-state index in [1.165, 1.54) is 24.3 Å².